The molecule has 8 heteroatoms. The van der Waals surface area contributed by atoms with Crippen molar-refractivity contribution in [3.05, 3.63) is 69.2 Å². The third kappa shape index (κ3) is 4.14. The quantitative estimate of drug-likeness (QED) is 0.681. The van der Waals surface area contributed by atoms with Crippen LogP contribution in [-0.4, -0.2) is 22.8 Å². The largest absolute Gasteiger partial charge is 0.387 e. The number of carbonyl (C=O) groups excluding carboxylic acids is 1. The fraction of sp³-hybridized carbons (Fsp3) is 0.350. The molecule has 1 unspecified atom stereocenters. The molecule has 1 aliphatic rings. The summed E-state index contributed by atoms with van der Waals surface area (Å²) in [5.41, 5.74) is -1.85. The summed E-state index contributed by atoms with van der Waals surface area (Å²) >= 11 is 12.0. The second-order valence-corrected chi connectivity index (χ2v) is 7.71. The fourth-order valence-corrected chi connectivity index (χ4v) is 4.02. The van der Waals surface area contributed by atoms with Crippen LogP contribution < -0.4 is 5.32 Å². The smallest absolute Gasteiger partial charge is 0.256 e. The van der Waals surface area contributed by atoms with Gasteiger partial charge in [0.1, 0.15) is 17.8 Å². The molecule has 0 aliphatic heterocycles. The third-order valence-electron chi connectivity index (χ3n) is 5.08. The van der Waals surface area contributed by atoms with E-state index in [0.29, 0.717) is 0 Å². The first kappa shape index (κ1) is 21.0. The summed E-state index contributed by atoms with van der Waals surface area (Å²) in [5.74, 6) is -2.46. The van der Waals surface area contributed by atoms with E-state index < -0.39 is 40.9 Å². The van der Waals surface area contributed by atoms with Crippen LogP contribution in [-0.2, 0) is 0 Å². The number of hydrogen-bond donors (Lipinski definition) is 2. The van der Waals surface area contributed by atoms with Crippen molar-refractivity contribution in [1.29, 1.82) is 0 Å². The number of carbonyl (C=O) groups is 1. The molecule has 0 heterocycles. The van der Waals surface area contributed by atoms with Gasteiger partial charge in [0, 0.05) is 0 Å². The molecule has 0 aromatic heterocycles. The summed E-state index contributed by atoms with van der Waals surface area (Å²) in [6.07, 6.45) is -0.860. The van der Waals surface area contributed by atoms with Crippen LogP contribution in [0.2, 0.25) is 10.0 Å². The van der Waals surface area contributed by atoms with Crippen LogP contribution >= 0.6 is 23.2 Å². The Kier molecular flexibility index (Phi) is 6.22. The Morgan fingerprint density at radius 3 is 2.36 bits per heavy atom. The van der Waals surface area contributed by atoms with E-state index in [1.807, 2.05) is 0 Å². The highest BCUT2D eigenvalue weighted by Crippen LogP contribution is 2.42. The number of alkyl halides is 1. The van der Waals surface area contributed by atoms with Crippen molar-refractivity contribution < 1.29 is 23.1 Å². The predicted octanol–water partition coefficient (Wildman–Crippen LogP) is 5.39. The van der Waals surface area contributed by atoms with E-state index in [4.69, 9.17) is 23.2 Å². The maximum absolute atomic E-state index is 14.1. The highest BCUT2D eigenvalue weighted by atomic mass is 35.5. The summed E-state index contributed by atoms with van der Waals surface area (Å²) in [5, 5.41) is 13.3. The Bertz CT molecular complexity index is 865. The van der Waals surface area contributed by atoms with Crippen LogP contribution in [0.3, 0.4) is 0 Å². The molecule has 2 aromatic rings. The number of amides is 1. The van der Waals surface area contributed by atoms with Crippen LogP contribution in [0.15, 0.2) is 36.4 Å². The lowest BCUT2D eigenvalue weighted by Crippen LogP contribution is -2.49. The first-order chi connectivity index (χ1) is 13.2. The summed E-state index contributed by atoms with van der Waals surface area (Å²) in [7, 11) is 0. The number of benzene rings is 2. The molecule has 1 saturated carbocycles. The van der Waals surface area contributed by atoms with Crippen molar-refractivity contribution >= 4 is 29.1 Å². The van der Waals surface area contributed by atoms with E-state index in [1.165, 1.54) is 24.3 Å². The first-order valence-electron chi connectivity index (χ1n) is 8.78. The van der Waals surface area contributed by atoms with Gasteiger partial charge in [-0.25, -0.2) is 13.2 Å². The minimum atomic E-state index is -1.58. The molecule has 2 aromatic carbocycles. The molecule has 1 aliphatic carbocycles. The van der Waals surface area contributed by atoms with Gasteiger partial charge in [0.2, 0.25) is 0 Å². The summed E-state index contributed by atoms with van der Waals surface area (Å²) in [4.78, 5) is 12.8. The van der Waals surface area contributed by atoms with E-state index in [2.05, 4.69) is 5.32 Å². The van der Waals surface area contributed by atoms with Crippen LogP contribution in [0.4, 0.5) is 13.2 Å². The highest BCUT2D eigenvalue weighted by Gasteiger charge is 2.43. The lowest BCUT2D eigenvalue weighted by molar-refractivity contribution is -0.0446. The summed E-state index contributed by atoms with van der Waals surface area (Å²) in [6.45, 7) is 0. The monoisotopic (exact) mass is 431 g/mol. The zero-order chi connectivity index (χ0) is 20.5. The number of rotatable bonds is 4. The van der Waals surface area contributed by atoms with Gasteiger partial charge >= 0.3 is 0 Å². The van der Waals surface area contributed by atoms with Gasteiger partial charge < -0.3 is 10.4 Å². The van der Waals surface area contributed by atoms with Crippen molar-refractivity contribution in [3.63, 3.8) is 0 Å². The van der Waals surface area contributed by atoms with Gasteiger partial charge in [-0.2, -0.15) is 0 Å². The molecule has 0 saturated heterocycles. The summed E-state index contributed by atoms with van der Waals surface area (Å²) < 4.78 is 41.8. The summed E-state index contributed by atoms with van der Waals surface area (Å²) in [6, 6.07) is 6.59. The Labute approximate surface area is 170 Å². The number of hydrogen-bond acceptors (Lipinski definition) is 2. The molecule has 0 radical (unpaired) electrons. The highest BCUT2D eigenvalue weighted by molar-refractivity contribution is 6.34. The maximum atomic E-state index is 14.1. The zero-order valence-electron chi connectivity index (χ0n) is 14.7. The molecule has 3 rings (SSSR count). The molecule has 1 fully saturated rings. The van der Waals surface area contributed by atoms with E-state index in [0.717, 1.165) is 12.1 Å². The topological polar surface area (TPSA) is 49.3 Å². The van der Waals surface area contributed by atoms with Crippen molar-refractivity contribution in [2.45, 2.75) is 43.5 Å². The Morgan fingerprint density at radius 2 is 1.71 bits per heavy atom. The number of halogens is 5. The van der Waals surface area contributed by atoms with Crippen LogP contribution in [0, 0.1) is 11.6 Å². The Hall–Kier alpha value is -1.76. The van der Waals surface area contributed by atoms with E-state index in [9.17, 15) is 23.1 Å². The molecule has 0 spiro atoms. The van der Waals surface area contributed by atoms with Gasteiger partial charge in [0.25, 0.3) is 5.91 Å². The van der Waals surface area contributed by atoms with Gasteiger partial charge in [-0.15, -0.1) is 0 Å². The molecule has 150 valence electrons. The first-order valence-corrected chi connectivity index (χ1v) is 9.54. The maximum Gasteiger partial charge on any atom is 0.256 e. The Balaban J connectivity index is 2.02. The van der Waals surface area contributed by atoms with E-state index >= 15 is 0 Å². The van der Waals surface area contributed by atoms with Crippen molar-refractivity contribution in [2.75, 3.05) is 0 Å². The normalized spacial score (nSPS) is 23.3. The second kappa shape index (κ2) is 8.31. The van der Waals surface area contributed by atoms with Crippen molar-refractivity contribution in [3.8, 4) is 0 Å². The predicted molar refractivity (Wildman–Crippen MR) is 101 cm³/mol. The molecule has 3 nitrogen and oxygen atoms in total. The molecule has 0 bridgehead atoms. The van der Waals surface area contributed by atoms with E-state index in [-0.39, 0.29) is 41.3 Å². The lowest BCUT2D eigenvalue weighted by atomic mass is 9.76. The Morgan fingerprint density at radius 1 is 1.11 bits per heavy atom. The van der Waals surface area contributed by atoms with Gasteiger partial charge in [0.15, 0.2) is 0 Å². The SMILES string of the molecule is O=C(NC(c1cccc(F)c1Cl)[C@]1(O)CC[C@@H](F)CC1)c1c(F)cccc1Cl. The van der Waals surface area contributed by atoms with Crippen LogP contribution in [0.5, 0.6) is 0 Å². The minimum absolute atomic E-state index is 0.0248. The molecular formula is C20H18Cl2F3NO2. The molecule has 28 heavy (non-hydrogen) atoms. The van der Waals surface area contributed by atoms with Crippen molar-refractivity contribution in [1.82, 2.24) is 5.32 Å². The number of nitrogens with one attached hydrogen (secondary N) is 1. The van der Waals surface area contributed by atoms with Gasteiger partial charge in [0.05, 0.1) is 27.3 Å². The zero-order valence-corrected chi connectivity index (χ0v) is 16.2. The standard InChI is InChI=1S/C20H18Cl2F3NO2/c21-13-4-2-5-14(24)16(13)19(27)26-18(12-3-1-6-15(25)17(12)22)20(28)9-7-11(23)8-10-20/h1-6,11,18,28H,7-10H2,(H,26,27)/t11-,18?,20+. The molecule has 1 amide bonds. The molecule has 2 N–H and O–H groups in total. The lowest BCUT2D eigenvalue weighted by Gasteiger charge is -2.41. The van der Waals surface area contributed by atoms with Gasteiger partial charge in [-0.3, -0.25) is 4.79 Å². The van der Waals surface area contributed by atoms with Gasteiger partial charge in [-0.1, -0.05) is 41.4 Å². The molecular weight excluding hydrogens is 414 g/mol. The van der Waals surface area contributed by atoms with E-state index in [1.54, 1.807) is 0 Å². The fourth-order valence-electron chi connectivity index (χ4n) is 3.53. The number of aliphatic hydroxyl groups is 1. The van der Waals surface area contributed by atoms with Crippen LogP contribution in [0.25, 0.3) is 0 Å². The van der Waals surface area contributed by atoms with Crippen LogP contribution in [0.1, 0.15) is 47.6 Å². The molecule has 1 atom stereocenters. The third-order valence-corrected chi connectivity index (χ3v) is 5.79. The van der Waals surface area contributed by atoms with Crippen molar-refractivity contribution in [2.24, 2.45) is 0 Å². The minimum Gasteiger partial charge on any atom is -0.387 e. The second-order valence-electron chi connectivity index (χ2n) is 6.92. The average molecular weight is 432 g/mol. The average Bonchev–Trinajstić information content (AvgIpc) is 2.65. The van der Waals surface area contributed by atoms with Gasteiger partial charge in [-0.05, 0) is 49.4 Å².